The lowest BCUT2D eigenvalue weighted by Gasteiger charge is -2.44. The van der Waals surface area contributed by atoms with Gasteiger partial charge in [0.2, 0.25) is 0 Å². The number of ether oxygens (including phenoxy) is 1. The summed E-state index contributed by atoms with van der Waals surface area (Å²) in [5.41, 5.74) is 4.91. The first kappa shape index (κ1) is 25.3. The van der Waals surface area contributed by atoms with E-state index in [0.29, 0.717) is 30.2 Å². The zero-order valence-corrected chi connectivity index (χ0v) is 23.5. The van der Waals surface area contributed by atoms with Gasteiger partial charge in [0.1, 0.15) is 12.4 Å². The molecule has 0 unspecified atom stereocenters. The van der Waals surface area contributed by atoms with E-state index in [1.165, 1.54) is 0 Å². The van der Waals surface area contributed by atoms with Gasteiger partial charge in [0.25, 0.3) is 0 Å². The molecule has 2 aromatic carbocycles. The lowest BCUT2D eigenvalue weighted by atomic mass is 9.64. The highest BCUT2D eigenvalue weighted by atomic mass is 79.9. The average molecular weight is 569 g/mol. The second kappa shape index (κ2) is 9.18. The molecule has 1 aliphatic heterocycles. The van der Waals surface area contributed by atoms with Crippen molar-refractivity contribution < 1.29 is 14.3 Å². The lowest BCUT2D eigenvalue weighted by molar-refractivity contribution is -0.119. The van der Waals surface area contributed by atoms with Gasteiger partial charge in [-0.05, 0) is 59.6 Å². The predicted molar refractivity (Wildman–Crippen MR) is 146 cm³/mol. The molecule has 2 aliphatic carbocycles. The predicted octanol–water partition coefficient (Wildman–Crippen LogP) is 7.65. The fourth-order valence-electron chi connectivity index (χ4n) is 5.82. The van der Waals surface area contributed by atoms with Crippen LogP contribution in [0.2, 0.25) is 5.02 Å². The van der Waals surface area contributed by atoms with Gasteiger partial charge in [-0.3, -0.25) is 9.59 Å². The number of dihydropyridines is 1. The Kier molecular flexibility index (Phi) is 6.45. The third-order valence-corrected chi connectivity index (χ3v) is 8.05. The summed E-state index contributed by atoms with van der Waals surface area (Å²) < 4.78 is 7.21. The zero-order valence-electron chi connectivity index (χ0n) is 21.1. The monoisotopic (exact) mass is 567 g/mol. The van der Waals surface area contributed by atoms with Crippen LogP contribution >= 0.6 is 27.5 Å². The third kappa shape index (κ3) is 4.92. The quantitative estimate of drug-likeness (QED) is 0.411. The molecule has 0 saturated heterocycles. The molecule has 4 nitrogen and oxygen atoms in total. The normalized spacial score (nSPS) is 21.2. The summed E-state index contributed by atoms with van der Waals surface area (Å²) in [5.74, 6) is 0.438. The molecule has 0 bridgehead atoms. The van der Waals surface area contributed by atoms with Gasteiger partial charge in [-0.1, -0.05) is 67.4 Å². The Hall–Kier alpha value is -2.37. The number of hydrogen-bond acceptors (Lipinski definition) is 4. The highest BCUT2D eigenvalue weighted by molar-refractivity contribution is 9.10. The van der Waals surface area contributed by atoms with Crippen molar-refractivity contribution in [3.63, 3.8) is 0 Å². The Balaban J connectivity index is 1.63. The van der Waals surface area contributed by atoms with Crippen molar-refractivity contribution in [2.75, 3.05) is 0 Å². The summed E-state index contributed by atoms with van der Waals surface area (Å²) in [6, 6.07) is 13.4. The molecule has 1 heterocycles. The van der Waals surface area contributed by atoms with Crippen LogP contribution in [0.15, 0.2) is 69.5 Å². The molecular weight excluding hydrogens is 538 g/mol. The molecule has 0 spiro atoms. The molecule has 0 aromatic heterocycles. The Bertz CT molecular complexity index is 1270. The van der Waals surface area contributed by atoms with Gasteiger partial charge in [-0.25, -0.2) is 0 Å². The molecule has 5 rings (SSSR count). The van der Waals surface area contributed by atoms with Gasteiger partial charge >= 0.3 is 0 Å². The second-order valence-electron chi connectivity index (χ2n) is 11.8. The number of hydrogen-bond donors (Lipinski definition) is 1. The summed E-state index contributed by atoms with van der Waals surface area (Å²) >= 11 is 9.67. The van der Waals surface area contributed by atoms with Crippen LogP contribution in [0.5, 0.6) is 5.75 Å². The maximum atomic E-state index is 13.6. The van der Waals surface area contributed by atoms with Crippen molar-refractivity contribution in [2.24, 2.45) is 10.8 Å². The molecule has 0 saturated carbocycles. The summed E-state index contributed by atoms with van der Waals surface area (Å²) in [5, 5.41) is 4.25. The summed E-state index contributed by atoms with van der Waals surface area (Å²) in [4.78, 5) is 27.3. The molecule has 36 heavy (non-hydrogen) atoms. The second-order valence-corrected chi connectivity index (χ2v) is 13.2. The van der Waals surface area contributed by atoms with E-state index in [-0.39, 0.29) is 22.4 Å². The van der Waals surface area contributed by atoms with Gasteiger partial charge in [0.15, 0.2) is 11.6 Å². The molecule has 0 fully saturated rings. The number of halogens is 2. The van der Waals surface area contributed by atoms with Crippen LogP contribution in [0.25, 0.3) is 0 Å². The molecule has 2 aromatic rings. The van der Waals surface area contributed by atoms with Crippen molar-refractivity contribution in [3.8, 4) is 5.75 Å². The molecule has 1 N–H and O–H groups in total. The van der Waals surface area contributed by atoms with Gasteiger partial charge in [-0.15, -0.1) is 0 Å². The number of nitrogens with one attached hydrogen (secondary N) is 1. The van der Waals surface area contributed by atoms with Crippen LogP contribution in [0, 0.1) is 10.8 Å². The minimum Gasteiger partial charge on any atom is -0.489 e. The number of benzene rings is 2. The fraction of sp³-hybridized carbons (Fsp3) is 0.400. The summed E-state index contributed by atoms with van der Waals surface area (Å²) in [6.45, 7) is 8.88. The van der Waals surface area contributed by atoms with Crippen LogP contribution in [0.1, 0.15) is 70.4 Å². The Morgan fingerprint density at radius 1 is 0.889 bits per heavy atom. The maximum Gasteiger partial charge on any atom is 0.162 e. The largest absolute Gasteiger partial charge is 0.489 e. The standard InChI is InChI=1S/C30H31BrClNO3/c1-29(2)12-21-27(23(34)14-29)26(28-22(33-21)13-30(3,4)15-24(28)35)20-11-18(31)7-10-25(20)36-16-17-5-8-19(32)9-6-17/h5-11,26,33H,12-16H2,1-4H3. The van der Waals surface area contributed by atoms with Crippen molar-refractivity contribution in [1.29, 1.82) is 0 Å². The molecular formula is C30H31BrClNO3. The number of allylic oxidation sites excluding steroid dienone is 4. The van der Waals surface area contributed by atoms with E-state index in [4.69, 9.17) is 16.3 Å². The molecule has 188 valence electrons. The SMILES string of the molecule is CC1(C)CC(=O)C2=C(C1)NC1=C(C(=O)CC(C)(C)C1)C2c1cc(Br)ccc1OCc1ccc(Cl)cc1. The van der Waals surface area contributed by atoms with Gasteiger partial charge < -0.3 is 10.1 Å². The van der Waals surface area contributed by atoms with Gasteiger partial charge in [0, 0.05) is 56.4 Å². The lowest BCUT2D eigenvalue weighted by Crippen LogP contribution is -2.42. The van der Waals surface area contributed by atoms with Crippen LogP contribution in [-0.4, -0.2) is 11.6 Å². The average Bonchev–Trinajstić information content (AvgIpc) is 2.76. The number of rotatable bonds is 4. The molecule has 0 amide bonds. The first-order valence-corrected chi connectivity index (χ1v) is 13.6. The number of carbonyl (C=O) groups excluding carboxylic acids is 2. The maximum absolute atomic E-state index is 13.6. The number of Topliss-reactive ketones (excluding diaryl/α,β-unsaturated/α-hetero) is 2. The minimum absolute atomic E-state index is 0.103. The molecule has 6 heteroatoms. The van der Waals surface area contributed by atoms with E-state index in [0.717, 1.165) is 51.0 Å². The number of carbonyl (C=O) groups is 2. The highest BCUT2D eigenvalue weighted by Gasteiger charge is 2.47. The van der Waals surface area contributed by atoms with Crippen LogP contribution in [-0.2, 0) is 16.2 Å². The highest BCUT2D eigenvalue weighted by Crippen LogP contribution is 2.52. The Morgan fingerprint density at radius 2 is 1.44 bits per heavy atom. The van der Waals surface area contributed by atoms with Crippen molar-refractivity contribution in [3.05, 3.63) is 85.6 Å². The first-order chi connectivity index (χ1) is 16.9. The van der Waals surface area contributed by atoms with Crippen molar-refractivity contribution >= 4 is 39.1 Å². The van der Waals surface area contributed by atoms with E-state index in [1.807, 2.05) is 42.5 Å². The Labute approximate surface area is 226 Å². The van der Waals surface area contributed by atoms with E-state index in [9.17, 15) is 9.59 Å². The number of ketones is 2. The minimum atomic E-state index is -0.443. The topological polar surface area (TPSA) is 55.4 Å². The van der Waals surface area contributed by atoms with Crippen LogP contribution < -0.4 is 10.1 Å². The van der Waals surface area contributed by atoms with Crippen LogP contribution in [0.3, 0.4) is 0 Å². The third-order valence-electron chi connectivity index (χ3n) is 7.31. The van der Waals surface area contributed by atoms with Gasteiger partial charge in [0.05, 0.1) is 0 Å². The zero-order chi connectivity index (χ0) is 25.8. The first-order valence-electron chi connectivity index (χ1n) is 12.4. The molecule has 3 aliphatic rings. The molecule has 0 radical (unpaired) electrons. The van der Waals surface area contributed by atoms with E-state index >= 15 is 0 Å². The summed E-state index contributed by atoms with van der Waals surface area (Å²) in [6.07, 6.45) is 2.46. The van der Waals surface area contributed by atoms with Gasteiger partial charge in [-0.2, -0.15) is 0 Å². The van der Waals surface area contributed by atoms with Crippen molar-refractivity contribution in [2.45, 2.75) is 65.9 Å². The van der Waals surface area contributed by atoms with E-state index < -0.39 is 5.92 Å². The fourth-order valence-corrected chi connectivity index (χ4v) is 6.32. The Morgan fingerprint density at radius 3 is 2.00 bits per heavy atom. The van der Waals surface area contributed by atoms with Crippen LogP contribution in [0.4, 0.5) is 0 Å². The smallest absolute Gasteiger partial charge is 0.162 e. The molecule has 0 atom stereocenters. The van der Waals surface area contributed by atoms with E-state index in [2.05, 4.69) is 48.9 Å². The summed E-state index contributed by atoms with van der Waals surface area (Å²) in [7, 11) is 0. The van der Waals surface area contributed by atoms with E-state index in [1.54, 1.807) is 0 Å². The van der Waals surface area contributed by atoms with Crippen molar-refractivity contribution in [1.82, 2.24) is 5.32 Å².